The van der Waals surface area contributed by atoms with Gasteiger partial charge in [-0.3, -0.25) is 9.78 Å². The Hall–Kier alpha value is -1.57. The van der Waals surface area contributed by atoms with Crippen LogP contribution in [0.3, 0.4) is 0 Å². The van der Waals surface area contributed by atoms with E-state index in [1.54, 1.807) is 0 Å². The Balaban J connectivity index is 2.07. The molecule has 4 heterocycles. The van der Waals surface area contributed by atoms with Crippen molar-refractivity contribution in [2.45, 2.75) is 32.5 Å². The first-order valence-electron chi connectivity index (χ1n) is 6.64. The Bertz CT molecular complexity index is 997. The number of nitrogens with one attached hydrogen (secondary N) is 2. The summed E-state index contributed by atoms with van der Waals surface area (Å²) in [5.41, 5.74) is 2.55. The summed E-state index contributed by atoms with van der Waals surface area (Å²) in [6.45, 7) is 4.68. The molecule has 0 bridgehead atoms. The smallest absolute Gasteiger partial charge is 0.269 e. The molecule has 0 saturated carbocycles. The van der Waals surface area contributed by atoms with E-state index in [4.69, 9.17) is 21.9 Å². The van der Waals surface area contributed by atoms with Crippen LogP contribution in [-0.2, 0) is 17.8 Å². The maximum atomic E-state index is 12.0. The Morgan fingerprint density at radius 2 is 2.24 bits per heavy atom. The highest BCUT2D eigenvalue weighted by molar-refractivity contribution is 7.71. The molecule has 108 valence electrons. The number of pyridine rings is 1. The molecule has 0 saturated heterocycles. The molecule has 5 nitrogen and oxygen atoms in total. The van der Waals surface area contributed by atoms with Crippen molar-refractivity contribution in [3.8, 4) is 0 Å². The largest absolute Gasteiger partial charge is 0.370 e. The molecule has 0 amide bonds. The summed E-state index contributed by atoms with van der Waals surface area (Å²) in [6.07, 6.45) is 0.777. The van der Waals surface area contributed by atoms with Gasteiger partial charge < -0.3 is 9.72 Å². The van der Waals surface area contributed by atoms with Gasteiger partial charge in [-0.1, -0.05) is 0 Å². The molecule has 0 aliphatic carbocycles. The number of ether oxygens (including phenoxy) is 1. The van der Waals surface area contributed by atoms with Crippen molar-refractivity contribution in [2.24, 2.45) is 0 Å². The third-order valence-corrected chi connectivity index (χ3v) is 5.04. The molecule has 1 aliphatic heterocycles. The van der Waals surface area contributed by atoms with Gasteiger partial charge in [0.15, 0.2) is 4.77 Å². The zero-order chi connectivity index (χ0) is 14.8. The van der Waals surface area contributed by atoms with Gasteiger partial charge in [0.25, 0.3) is 5.56 Å². The Labute approximate surface area is 129 Å². The van der Waals surface area contributed by atoms with Crippen LogP contribution in [0.15, 0.2) is 10.9 Å². The molecule has 4 rings (SSSR count). The first-order chi connectivity index (χ1) is 9.93. The van der Waals surface area contributed by atoms with E-state index in [0.717, 1.165) is 33.4 Å². The number of rotatable bonds is 0. The minimum absolute atomic E-state index is 0.161. The van der Waals surface area contributed by atoms with Gasteiger partial charge in [-0.15, -0.1) is 11.3 Å². The predicted octanol–water partition coefficient (Wildman–Crippen LogP) is 3.05. The van der Waals surface area contributed by atoms with Gasteiger partial charge in [0.05, 0.1) is 23.4 Å². The van der Waals surface area contributed by atoms with Crippen LogP contribution >= 0.6 is 23.6 Å². The summed E-state index contributed by atoms with van der Waals surface area (Å²) in [5.74, 6) is 0. The van der Waals surface area contributed by atoms with Crippen LogP contribution in [0.5, 0.6) is 0 Å². The molecule has 0 spiro atoms. The highest BCUT2D eigenvalue weighted by Gasteiger charge is 2.28. The van der Waals surface area contributed by atoms with Crippen LogP contribution in [0, 0.1) is 4.77 Å². The van der Waals surface area contributed by atoms with Crippen molar-refractivity contribution in [3.63, 3.8) is 0 Å². The number of H-pyrrole nitrogens is 2. The van der Waals surface area contributed by atoms with Gasteiger partial charge in [-0.25, -0.2) is 4.98 Å². The summed E-state index contributed by atoms with van der Waals surface area (Å²) in [4.78, 5) is 23.3. The summed E-state index contributed by atoms with van der Waals surface area (Å²) in [7, 11) is 0. The second-order valence-electron chi connectivity index (χ2n) is 5.89. The molecular weight excluding hydrogens is 306 g/mol. The van der Waals surface area contributed by atoms with Crippen LogP contribution in [-0.4, -0.2) is 20.6 Å². The molecule has 21 heavy (non-hydrogen) atoms. The van der Waals surface area contributed by atoms with Crippen molar-refractivity contribution in [3.05, 3.63) is 32.4 Å². The maximum Gasteiger partial charge on any atom is 0.269 e. The highest BCUT2D eigenvalue weighted by atomic mass is 32.1. The molecule has 2 N–H and O–H groups in total. The number of aromatic nitrogens is 3. The van der Waals surface area contributed by atoms with Crippen LogP contribution in [0.25, 0.3) is 20.4 Å². The SMILES string of the molecule is CC1(C)Cc2nc3sc4c(=O)[nH]c(=S)[nH]c4c3cc2CO1. The average Bonchev–Trinajstić information content (AvgIpc) is 2.73. The van der Waals surface area contributed by atoms with E-state index >= 15 is 0 Å². The van der Waals surface area contributed by atoms with Gasteiger partial charge >= 0.3 is 0 Å². The summed E-state index contributed by atoms with van der Waals surface area (Å²) >= 11 is 6.45. The van der Waals surface area contributed by atoms with Gasteiger partial charge in [-0.05, 0) is 32.1 Å². The monoisotopic (exact) mass is 319 g/mol. The Kier molecular flexibility index (Phi) is 2.64. The van der Waals surface area contributed by atoms with Crippen molar-refractivity contribution in [2.75, 3.05) is 0 Å². The lowest BCUT2D eigenvalue weighted by molar-refractivity contribution is -0.0411. The Morgan fingerprint density at radius 3 is 3.05 bits per heavy atom. The number of aromatic amines is 2. The molecule has 3 aromatic rings. The van der Waals surface area contributed by atoms with Crippen LogP contribution in [0.1, 0.15) is 25.1 Å². The molecule has 0 radical (unpaired) electrons. The number of thiophene rings is 1. The van der Waals surface area contributed by atoms with Crippen molar-refractivity contribution in [1.82, 2.24) is 15.0 Å². The minimum atomic E-state index is -0.193. The van der Waals surface area contributed by atoms with E-state index in [1.165, 1.54) is 11.3 Å². The normalized spacial score (nSPS) is 17.2. The quantitative estimate of drug-likeness (QED) is 0.625. The first kappa shape index (κ1) is 13.1. The van der Waals surface area contributed by atoms with Gasteiger partial charge in [0, 0.05) is 17.4 Å². The molecule has 0 atom stereocenters. The van der Waals surface area contributed by atoms with Gasteiger partial charge in [0.2, 0.25) is 0 Å². The maximum absolute atomic E-state index is 12.0. The first-order valence-corrected chi connectivity index (χ1v) is 7.87. The zero-order valence-electron chi connectivity index (χ0n) is 11.6. The van der Waals surface area contributed by atoms with E-state index in [0.29, 0.717) is 16.1 Å². The lowest BCUT2D eigenvalue weighted by Gasteiger charge is -2.30. The van der Waals surface area contributed by atoms with Crippen LogP contribution in [0.2, 0.25) is 0 Å². The third kappa shape index (κ3) is 2.04. The van der Waals surface area contributed by atoms with Gasteiger partial charge in [0.1, 0.15) is 9.53 Å². The molecule has 0 fully saturated rings. The van der Waals surface area contributed by atoms with E-state index in [2.05, 4.69) is 29.9 Å². The van der Waals surface area contributed by atoms with Crippen LogP contribution in [0.4, 0.5) is 0 Å². The molecule has 0 aromatic carbocycles. The van der Waals surface area contributed by atoms with Crippen molar-refractivity contribution in [1.29, 1.82) is 0 Å². The lowest BCUT2D eigenvalue weighted by Crippen LogP contribution is -2.32. The summed E-state index contributed by atoms with van der Waals surface area (Å²) in [6, 6.07) is 2.07. The van der Waals surface area contributed by atoms with E-state index < -0.39 is 0 Å². The molecule has 7 heteroatoms. The Morgan fingerprint density at radius 1 is 1.43 bits per heavy atom. The molecule has 3 aromatic heterocycles. The highest BCUT2D eigenvalue weighted by Crippen LogP contribution is 2.34. The molecule has 0 unspecified atom stereocenters. The predicted molar refractivity (Wildman–Crippen MR) is 85.5 cm³/mol. The second kappa shape index (κ2) is 4.22. The number of fused-ring (bicyclic) bond motifs is 4. The fraction of sp³-hybridized carbons (Fsp3) is 0.357. The summed E-state index contributed by atoms with van der Waals surface area (Å²) in [5, 5.41) is 0.939. The fourth-order valence-electron chi connectivity index (χ4n) is 2.69. The van der Waals surface area contributed by atoms with Crippen molar-refractivity contribution >= 4 is 44.0 Å². The minimum Gasteiger partial charge on any atom is -0.370 e. The fourth-order valence-corrected chi connectivity index (χ4v) is 3.92. The zero-order valence-corrected chi connectivity index (χ0v) is 13.2. The van der Waals surface area contributed by atoms with Gasteiger partial charge in [-0.2, -0.15) is 0 Å². The number of hydrogen-bond acceptors (Lipinski definition) is 5. The molecular formula is C14H13N3O2S2. The third-order valence-electron chi connectivity index (χ3n) is 3.73. The topological polar surface area (TPSA) is 70.8 Å². The summed E-state index contributed by atoms with van der Waals surface area (Å²) < 4.78 is 6.81. The van der Waals surface area contributed by atoms with E-state index in [9.17, 15) is 4.79 Å². The standard InChI is InChI=1S/C14H13N3O2S2/c1-14(2)4-8-6(5-19-14)3-7-9-10(21-12(7)15-8)11(18)17-13(20)16-9/h3H,4-5H2,1-2H3,(H2,16,17,18,20). The van der Waals surface area contributed by atoms with E-state index in [-0.39, 0.29) is 11.2 Å². The lowest BCUT2D eigenvalue weighted by atomic mass is 9.95. The van der Waals surface area contributed by atoms with E-state index in [1.807, 2.05) is 0 Å². The number of hydrogen-bond donors (Lipinski definition) is 2. The van der Waals surface area contributed by atoms with Crippen LogP contribution < -0.4 is 5.56 Å². The molecule has 1 aliphatic rings. The van der Waals surface area contributed by atoms with Crippen molar-refractivity contribution < 1.29 is 4.74 Å². The second-order valence-corrected chi connectivity index (χ2v) is 7.29. The number of nitrogens with zero attached hydrogens (tertiary/aromatic N) is 1. The average molecular weight is 319 g/mol.